The normalized spacial score (nSPS) is 11.1. The third-order valence-electron chi connectivity index (χ3n) is 2.55. The van der Waals surface area contributed by atoms with Gasteiger partial charge in [0.25, 0.3) is 0 Å². The van der Waals surface area contributed by atoms with Crippen molar-refractivity contribution >= 4 is 49.1 Å². The molecule has 0 radical (unpaired) electrons. The van der Waals surface area contributed by atoms with E-state index in [4.69, 9.17) is 0 Å². The minimum atomic E-state index is 0.598. The van der Waals surface area contributed by atoms with Crippen LogP contribution < -0.4 is 10.00 Å². The first-order valence-electron chi connectivity index (χ1n) is 5.36. The average Bonchev–Trinajstić information content (AvgIpc) is 2.86. The Kier molecular flexibility index (Phi) is 2.79. The largest absolute Gasteiger partial charge is 0.318 e. The fourth-order valence-corrected chi connectivity index (χ4v) is 3.23. The number of fused-ring (bicyclic) bond motifs is 1. The number of aryl methyl sites for hydroxylation is 2. The molecule has 3 aromatic rings. The highest BCUT2D eigenvalue weighted by atomic mass is 79.9. The molecule has 5 nitrogen and oxygen atoms in total. The highest BCUT2D eigenvalue weighted by molar-refractivity contribution is 9.10. The van der Waals surface area contributed by atoms with E-state index in [1.807, 2.05) is 30.3 Å². The lowest BCUT2D eigenvalue weighted by molar-refractivity contribution is -0.726. The van der Waals surface area contributed by atoms with Crippen molar-refractivity contribution in [3.63, 3.8) is 0 Å². The van der Waals surface area contributed by atoms with Gasteiger partial charge in [0.15, 0.2) is 7.05 Å². The number of aromatic nitrogens is 4. The molecule has 0 aromatic carbocycles. The number of nitrogens with zero attached hydrogens (tertiary/aromatic N) is 3. The van der Waals surface area contributed by atoms with Gasteiger partial charge in [0, 0.05) is 4.88 Å². The van der Waals surface area contributed by atoms with Crippen molar-refractivity contribution in [3.8, 4) is 0 Å². The van der Waals surface area contributed by atoms with E-state index in [1.54, 1.807) is 11.3 Å². The molecule has 0 amide bonds. The summed E-state index contributed by atoms with van der Waals surface area (Å²) in [6, 6.07) is 0. The van der Waals surface area contributed by atoms with Crippen molar-refractivity contribution in [1.29, 1.82) is 0 Å². The van der Waals surface area contributed by atoms with Gasteiger partial charge in [-0.1, -0.05) is 0 Å². The van der Waals surface area contributed by atoms with Gasteiger partial charge in [0.1, 0.15) is 11.2 Å². The lowest BCUT2D eigenvalue weighted by atomic mass is 10.4. The van der Waals surface area contributed by atoms with E-state index in [2.05, 4.69) is 43.2 Å². The smallest absolute Gasteiger partial charge is 0.228 e. The van der Waals surface area contributed by atoms with Crippen LogP contribution in [0.5, 0.6) is 0 Å². The molecule has 0 bridgehead atoms. The van der Waals surface area contributed by atoms with Crippen LogP contribution >= 0.6 is 27.3 Å². The van der Waals surface area contributed by atoms with E-state index in [0.29, 0.717) is 5.95 Å². The van der Waals surface area contributed by atoms with Crippen LogP contribution in [0.4, 0.5) is 11.6 Å². The van der Waals surface area contributed by atoms with Crippen LogP contribution in [0.25, 0.3) is 10.2 Å². The number of thiophene rings is 1. The summed E-state index contributed by atoms with van der Waals surface area (Å²) < 4.78 is 3.99. The SMILES string of the molecule is Cc1sc2cnc(Nc3c[nH][n+](C)c3)nc2c1Br. The highest BCUT2D eigenvalue weighted by Crippen LogP contribution is 2.33. The maximum atomic E-state index is 4.52. The van der Waals surface area contributed by atoms with Gasteiger partial charge in [0.05, 0.1) is 21.6 Å². The molecule has 18 heavy (non-hydrogen) atoms. The molecule has 3 rings (SSSR count). The standard InChI is InChI=1S/C11H10BrN5S/c1-6-9(12)10-8(18-6)4-13-11(16-10)15-7-3-14-17(2)5-7/h3-5H,1-2H3,(H,13,15,16)/p+1. The molecule has 0 unspecified atom stereocenters. The van der Waals surface area contributed by atoms with Crippen molar-refractivity contribution in [1.82, 2.24) is 15.1 Å². The molecular weight excluding hydrogens is 314 g/mol. The lowest BCUT2D eigenvalue weighted by Crippen LogP contribution is -2.27. The average molecular weight is 325 g/mol. The van der Waals surface area contributed by atoms with Crippen LogP contribution in [-0.4, -0.2) is 15.1 Å². The van der Waals surface area contributed by atoms with Crippen molar-refractivity contribution in [2.24, 2.45) is 7.05 Å². The monoisotopic (exact) mass is 324 g/mol. The van der Waals surface area contributed by atoms with Crippen molar-refractivity contribution in [3.05, 3.63) is 27.9 Å². The Balaban J connectivity index is 2.00. The van der Waals surface area contributed by atoms with Crippen molar-refractivity contribution < 1.29 is 4.68 Å². The first kappa shape index (κ1) is 11.6. The number of anilines is 2. The third-order valence-corrected chi connectivity index (χ3v) is 4.81. The van der Waals surface area contributed by atoms with Crippen molar-refractivity contribution in [2.75, 3.05) is 5.32 Å². The summed E-state index contributed by atoms with van der Waals surface area (Å²) in [4.78, 5) is 10.0. The topological polar surface area (TPSA) is 57.5 Å². The first-order valence-corrected chi connectivity index (χ1v) is 6.97. The van der Waals surface area contributed by atoms with Crippen molar-refractivity contribution in [2.45, 2.75) is 6.92 Å². The minimum Gasteiger partial charge on any atom is -0.318 e. The Hall–Kier alpha value is -1.47. The first-order chi connectivity index (χ1) is 8.63. The molecule has 0 saturated carbocycles. The molecule has 0 aliphatic carbocycles. The summed E-state index contributed by atoms with van der Waals surface area (Å²) in [5.41, 5.74) is 1.88. The van der Waals surface area contributed by atoms with E-state index in [9.17, 15) is 0 Å². The molecule has 0 aliphatic heterocycles. The second-order valence-electron chi connectivity index (χ2n) is 3.97. The molecule has 0 spiro atoms. The zero-order valence-electron chi connectivity index (χ0n) is 9.86. The summed E-state index contributed by atoms with van der Waals surface area (Å²) in [7, 11) is 1.92. The van der Waals surface area contributed by atoms with Gasteiger partial charge in [0.2, 0.25) is 12.1 Å². The molecule has 0 atom stereocenters. The van der Waals surface area contributed by atoms with Crippen LogP contribution in [0, 0.1) is 6.92 Å². The number of hydrogen-bond acceptors (Lipinski definition) is 4. The number of hydrogen-bond donors (Lipinski definition) is 2. The fraction of sp³-hybridized carbons (Fsp3) is 0.182. The van der Waals surface area contributed by atoms with Crippen LogP contribution in [-0.2, 0) is 7.05 Å². The van der Waals surface area contributed by atoms with Gasteiger partial charge in [-0.3, -0.25) is 0 Å². The molecule has 0 aliphatic rings. The van der Waals surface area contributed by atoms with Gasteiger partial charge in [-0.2, -0.15) is 5.10 Å². The molecular formula is C11H11BrN5S+. The molecule has 7 heteroatoms. The third kappa shape index (κ3) is 1.99. The van der Waals surface area contributed by atoms with Crippen LogP contribution in [0.1, 0.15) is 4.88 Å². The van der Waals surface area contributed by atoms with Gasteiger partial charge >= 0.3 is 0 Å². The fourth-order valence-electron chi connectivity index (χ4n) is 1.69. The van der Waals surface area contributed by atoms with Crippen LogP contribution in [0.2, 0.25) is 0 Å². The predicted octanol–water partition coefficient (Wildman–Crippen LogP) is 2.66. The zero-order chi connectivity index (χ0) is 12.7. The van der Waals surface area contributed by atoms with E-state index in [0.717, 1.165) is 20.4 Å². The van der Waals surface area contributed by atoms with Gasteiger partial charge < -0.3 is 5.32 Å². The summed E-state index contributed by atoms with van der Waals surface area (Å²) in [5, 5.41) is 6.20. The second kappa shape index (κ2) is 4.33. The number of nitrogens with one attached hydrogen (secondary N) is 2. The molecule has 0 saturated heterocycles. The van der Waals surface area contributed by atoms with Crippen LogP contribution in [0.3, 0.4) is 0 Å². The summed E-state index contributed by atoms with van der Waals surface area (Å²) in [6.45, 7) is 2.07. The highest BCUT2D eigenvalue weighted by Gasteiger charge is 2.10. The van der Waals surface area contributed by atoms with Gasteiger partial charge in [-0.05, 0) is 22.9 Å². The Morgan fingerprint density at radius 3 is 3.06 bits per heavy atom. The quantitative estimate of drug-likeness (QED) is 0.712. The van der Waals surface area contributed by atoms with E-state index < -0.39 is 0 Å². The maximum absolute atomic E-state index is 4.52. The molecule has 2 N–H and O–H groups in total. The zero-order valence-corrected chi connectivity index (χ0v) is 12.3. The summed E-state index contributed by atoms with van der Waals surface area (Å²) >= 11 is 5.24. The number of halogens is 1. The maximum Gasteiger partial charge on any atom is 0.228 e. The minimum absolute atomic E-state index is 0.598. The molecule has 3 heterocycles. The Bertz CT molecular complexity index is 717. The van der Waals surface area contributed by atoms with Gasteiger partial charge in [-0.25, -0.2) is 9.97 Å². The Labute approximate surface area is 116 Å². The van der Waals surface area contributed by atoms with E-state index in [1.165, 1.54) is 4.88 Å². The number of aromatic amines is 1. The Morgan fingerprint density at radius 1 is 1.50 bits per heavy atom. The summed E-state index contributed by atoms with van der Waals surface area (Å²) in [6.07, 6.45) is 5.64. The van der Waals surface area contributed by atoms with Crippen LogP contribution in [0.15, 0.2) is 23.1 Å². The molecule has 3 aromatic heterocycles. The van der Waals surface area contributed by atoms with E-state index >= 15 is 0 Å². The Morgan fingerprint density at radius 2 is 2.33 bits per heavy atom. The molecule has 92 valence electrons. The van der Waals surface area contributed by atoms with Gasteiger partial charge in [-0.15, -0.1) is 16.0 Å². The number of H-pyrrole nitrogens is 1. The molecule has 0 fully saturated rings. The number of rotatable bonds is 2. The predicted molar refractivity (Wildman–Crippen MR) is 75.1 cm³/mol. The lowest BCUT2D eigenvalue weighted by Gasteiger charge is -1.99. The van der Waals surface area contributed by atoms with E-state index in [-0.39, 0.29) is 0 Å². The second-order valence-corrected chi connectivity index (χ2v) is 6.02. The summed E-state index contributed by atoms with van der Waals surface area (Å²) in [5.74, 6) is 0.598.